The molecule has 0 saturated carbocycles. The fourth-order valence-corrected chi connectivity index (χ4v) is 5.53. The van der Waals surface area contributed by atoms with Crippen molar-refractivity contribution in [3.63, 3.8) is 0 Å². The van der Waals surface area contributed by atoms with Crippen LogP contribution in [-0.4, -0.2) is 9.55 Å². The van der Waals surface area contributed by atoms with Crippen LogP contribution in [0.3, 0.4) is 0 Å². The summed E-state index contributed by atoms with van der Waals surface area (Å²) in [5, 5.41) is 0.996. The van der Waals surface area contributed by atoms with E-state index in [1.54, 1.807) is 0 Å². The van der Waals surface area contributed by atoms with Crippen molar-refractivity contribution in [2.45, 2.75) is 19.3 Å². The number of nitrogens with zero attached hydrogens (tertiary/aromatic N) is 1. The SMILES string of the molecule is [2H]c1cc([2H])c2c(c1)-c1c([2H])c([2H])c(-n3c4c([2H])cc([2H])cc4c4c5c([nH]c6c([2H])cc([2H])c([2H])c65)c([2H])c([2H])c43)c([2H])c1C2(C)C. The molecule has 0 radical (unpaired) electrons. The fraction of sp³-hybridized carbons (Fsp3) is 0.0909. The highest BCUT2D eigenvalue weighted by atomic mass is 15.0. The van der Waals surface area contributed by atoms with Crippen LogP contribution < -0.4 is 0 Å². The molecule has 2 nitrogen and oxygen atoms in total. The number of para-hydroxylation sites is 2. The molecule has 1 N–H and O–H groups in total. The molecule has 0 bridgehead atoms. The third kappa shape index (κ3) is 2.34. The van der Waals surface area contributed by atoms with Gasteiger partial charge in [-0.2, -0.15) is 0 Å². The summed E-state index contributed by atoms with van der Waals surface area (Å²) >= 11 is 0. The normalized spacial score (nSPS) is 19.0. The van der Waals surface area contributed by atoms with Gasteiger partial charge >= 0.3 is 0 Å². The highest BCUT2D eigenvalue weighted by Gasteiger charge is 2.35. The van der Waals surface area contributed by atoms with Crippen molar-refractivity contribution < 1.29 is 16.4 Å². The maximum absolute atomic E-state index is 9.61. The zero-order chi connectivity index (χ0) is 33.8. The van der Waals surface area contributed by atoms with E-state index >= 15 is 0 Å². The number of hydrogen-bond donors (Lipinski definition) is 1. The third-order valence-electron chi connectivity index (χ3n) is 7.11. The van der Waals surface area contributed by atoms with Gasteiger partial charge in [-0.25, -0.2) is 0 Å². The predicted molar refractivity (Wildman–Crippen MR) is 148 cm³/mol. The molecule has 2 heterocycles. The van der Waals surface area contributed by atoms with E-state index in [-0.39, 0.29) is 122 Å². The lowest BCUT2D eigenvalue weighted by atomic mass is 9.82. The molecule has 0 unspecified atom stereocenters. The van der Waals surface area contributed by atoms with Crippen LogP contribution in [-0.2, 0) is 5.41 Å². The quantitative estimate of drug-likeness (QED) is 0.253. The van der Waals surface area contributed by atoms with Crippen LogP contribution in [0.15, 0.2) is 103 Å². The third-order valence-corrected chi connectivity index (χ3v) is 7.11. The van der Waals surface area contributed by atoms with Crippen LogP contribution in [0, 0.1) is 0 Å². The van der Waals surface area contributed by atoms with Gasteiger partial charge in [0.15, 0.2) is 0 Å². The van der Waals surface area contributed by atoms with Crippen molar-refractivity contribution >= 4 is 43.6 Å². The molecule has 1 aliphatic rings. The molecule has 8 rings (SSSR count). The zero-order valence-electron chi connectivity index (χ0n) is 30.8. The van der Waals surface area contributed by atoms with E-state index in [4.69, 9.17) is 11.0 Å². The van der Waals surface area contributed by atoms with E-state index in [0.29, 0.717) is 22.1 Å². The van der Waals surface area contributed by atoms with Crippen molar-refractivity contribution in [2.24, 2.45) is 0 Å². The smallest absolute Gasteiger partial charge is 0.0648 e. The van der Waals surface area contributed by atoms with Gasteiger partial charge in [0.05, 0.1) is 27.5 Å². The molecule has 166 valence electrons. The average Bonchev–Trinajstić information content (AvgIpc) is 3.60. The Bertz CT molecular complexity index is 2630. The van der Waals surface area contributed by atoms with Gasteiger partial charge in [0.1, 0.15) is 0 Å². The molecule has 0 fully saturated rings. The van der Waals surface area contributed by atoms with Crippen LogP contribution in [0.25, 0.3) is 60.4 Å². The topological polar surface area (TPSA) is 20.7 Å². The standard InChI is InChI=1S/C33H24N2/c1-33(2)25-12-6-3-9-21(25)22-16-15-20(19-26(22)33)35-29-14-8-5-11-24(29)32-30(35)18-17-28-31(32)23-10-4-7-13-27(23)34-28/h3-19,34H,1-2H3/i3D,4D,5D,10D,12D,13D,14D,15D,16D,17D,18D,19D. The minimum Gasteiger partial charge on any atom is -0.354 e. The molecule has 7 aromatic rings. The number of hydrogen-bond acceptors (Lipinski definition) is 0. The molecular formula is C33H24N2. The first-order chi connectivity index (χ1) is 22.1. The van der Waals surface area contributed by atoms with Crippen molar-refractivity contribution in [2.75, 3.05) is 0 Å². The summed E-state index contributed by atoms with van der Waals surface area (Å²) in [5.41, 5.74) is 1.02. The first kappa shape index (κ1) is 11.0. The molecule has 0 amide bonds. The molecule has 1 aliphatic carbocycles. The fourth-order valence-electron chi connectivity index (χ4n) is 5.53. The minimum absolute atomic E-state index is 0.0254. The lowest BCUT2D eigenvalue weighted by Gasteiger charge is -2.22. The monoisotopic (exact) mass is 460 g/mol. The Kier molecular flexibility index (Phi) is 2.01. The Morgan fingerprint density at radius 2 is 1.54 bits per heavy atom. The summed E-state index contributed by atoms with van der Waals surface area (Å²) < 4.78 is 108. The highest BCUT2D eigenvalue weighted by Crippen LogP contribution is 2.49. The van der Waals surface area contributed by atoms with Gasteiger partial charge in [-0.1, -0.05) is 80.4 Å². The number of aromatic amines is 1. The molecule has 35 heavy (non-hydrogen) atoms. The minimum atomic E-state index is -0.981. The van der Waals surface area contributed by atoms with Gasteiger partial charge in [-0.05, 0) is 58.5 Å². The first-order valence-corrected chi connectivity index (χ1v) is 11.3. The van der Waals surface area contributed by atoms with E-state index in [1.165, 1.54) is 34.9 Å². The summed E-state index contributed by atoms with van der Waals surface area (Å²) in [4.78, 5) is 3.02. The maximum atomic E-state index is 9.61. The summed E-state index contributed by atoms with van der Waals surface area (Å²) in [6.45, 7) is 3.64. The number of aromatic nitrogens is 2. The van der Waals surface area contributed by atoms with Gasteiger partial charge in [0, 0.05) is 43.7 Å². The van der Waals surface area contributed by atoms with E-state index < -0.39 is 5.41 Å². The number of rotatable bonds is 1. The maximum Gasteiger partial charge on any atom is 0.0648 e. The molecule has 2 aromatic heterocycles. The summed E-state index contributed by atoms with van der Waals surface area (Å²) in [5.74, 6) is 0. The van der Waals surface area contributed by atoms with Gasteiger partial charge in [-0.3, -0.25) is 0 Å². The van der Waals surface area contributed by atoms with E-state index in [0.717, 1.165) is 0 Å². The molecule has 5 aromatic carbocycles. The summed E-state index contributed by atoms with van der Waals surface area (Å²) in [6, 6.07) is 4.97. The predicted octanol–water partition coefficient (Wildman–Crippen LogP) is 8.72. The van der Waals surface area contributed by atoms with Crippen LogP contribution in [0.4, 0.5) is 0 Å². The highest BCUT2D eigenvalue weighted by molar-refractivity contribution is 6.28. The van der Waals surface area contributed by atoms with Crippen LogP contribution in [0.2, 0.25) is 0 Å². The second-order valence-electron chi connectivity index (χ2n) is 9.34. The Morgan fingerprint density at radius 1 is 0.686 bits per heavy atom. The first-order valence-electron chi connectivity index (χ1n) is 17.3. The van der Waals surface area contributed by atoms with Crippen molar-refractivity contribution in [1.82, 2.24) is 9.55 Å². The van der Waals surface area contributed by atoms with E-state index in [1.807, 2.05) is 13.8 Å². The van der Waals surface area contributed by atoms with Crippen LogP contribution in [0.5, 0.6) is 0 Å². The second kappa shape index (κ2) is 6.43. The van der Waals surface area contributed by atoms with Gasteiger partial charge in [0.2, 0.25) is 0 Å². The molecule has 0 aliphatic heterocycles. The lowest BCUT2D eigenvalue weighted by Crippen LogP contribution is -2.15. The van der Waals surface area contributed by atoms with E-state index in [2.05, 4.69) is 4.98 Å². The number of fused-ring (bicyclic) bond motifs is 10. The Hall–Kier alpha value is -4.30. The Balaban J connectivity index is 1.65. The molecule has 0 spiro atoms. The summed E-state index contributed by atoms with van der Waals surface area (Å²) in [7, 11) is 0. The van der Waals surface area contributed by atoms with Crippen molar-refractivity contribution in [1.29, 1.82) is 0 Å². The molecular weight excluding hydrogens is 424 g/mol. The van der Waals surface area contributed by atoms with Gasteiger partial charge in [-0.15, -0.1) is 0 Å². The second-order valence-corrected chi connectivity index (χ2v) is 9.34. The number of H-pyrrole nitrogens is 1. The zero-order valence-corrected chi connectivity index (χ0v) is 18.8. The van der Waals surface area contributed by atoms with Gasteiger partial charge in [0.25, 0.3) is 0 Å². The number of nitrogens with one attached hydrogen (secondary N) is 1. The van der Waals surface area contributed by atoms with Crippen molar-refractivity contribution in [3.05, 3.63) is 114 Å². The molecule has 0 atom stereocenters. The van der Waals surface area contributed by atoms with Crippen molar-refractivity contribution in [3.8, 4) is 16.8 Å². The molecule has 0 saturated heterocycles. The van der Waals surface area contributed by atoms with Crippen LogP contribution >= 0.6 is 0 Å². The Morgan fingerprint density at radius 3 is 2.49 bits per heavy atom. The largest absolute Gasteiger partial charge is 0.354 e. The Labute approximate surface area is 220 Å². The van der Waals surface area contributed by atoms with E-state index in [9.17, 15) is 5.48 Å². The lowest BCUT2D eigenvalue weighted by molar-refractivity contribution is 0.660. The molecule has 2 heteroatoms. The number of benzene rings is 5. The van der Waals surface area contributed by atoms with Gasteiger partial charge < -0.3 is 9.55 Å². The van der Waals surface area contributed by atoms with Crippen LogP contribution in [0.1, 0.15) is 41.4 Å². The summed E-state index contributed by atoms with van der Waals surface area (Å²) in [6.07, 6.45) is 0. The average molecular weight is 461 g/mol.